The summed E-state index contributed by atoms with van der Waals surface area (Å²) in [5.74, 6) is -0.512. The highest BCUT2D eigenvalue weighted by Crippen LogP contribution is 2.43. The van der Waals surface area contributed by atoms with Gasteiger partial charge in [-0.3, -0.25) is 4.90 Å². The molecular formula is C18H33NO3Si. The zero-order valence-corrected chi connectivity index (χ0v) is 16.8. The number of hydrogen-bond donors (Lipinski definition) is 0. The van der Waals surface area contributed by atoms with Crippen molar-refractivity contribution in [2.75, 3.05) is 13.1 Å². The second-order valence-electron chi connectivity index (χ2n) is 9.21. The zero-order valence-electron chi connectivity index (χ0n) is 15.8. The van der Waals surface area contributed by atoms with Crippen LogP contribution in [0.1, 0.15) is 41.0 Å². The van der Waals surface area contributed by atoms with Gasteiger partial charge in [-0.15, -0.1) is 0 Å². The minimum atomic E-state index is -1.84. The summed E-state index contributed by atoms with van der Waals surface area (Å²) in [6, 6.07) is 0.422. The minimum absolute atomic E-state index is 0.0480. The van der Waals surface area contributed by atoms with Gasteiger partial charge in [-0.2, -0.15) is 0 Å². The summed E-state index contributed by atoms with van der Waals surface area (Å²) < 4.78 is 19.4. The van der Waals surface area contributed by atoms with Crippen LogP contribution in [0.2, 0.25) is 18.1 Å². The van der Waals surface area contributed by atoms with Gasteiger partial charge in [-0.1, -0.05) is 32.9 Å². The van der Waals surface area contributed by atoms with Crippen molar-refractivity contribution in [3.63, 3.8) is 0 Å². The van der Waals surface area contributed by atoms with Crippen LogP contribution in [0.3, 0.4) is 0 Å². The Hall–Kier alpha value is -0.203. The van der Waals surface area contributed by atoms with Gasteiger partial charge in [0.1, 0.15) is 12.2 Å². The van der Waals surface area contributed by atoms with E-state index in [1.165, 1.54) is 0 Å². The number of hydrogen-bond acceptors (Lipinski definition) is 4. The molecule has 4 nitrogen and oxygen atoms in total. The monoisotopic (exact) mass is 339 g/mol. The van der Waals surface area contributed by atoms with E-state index in [0.29, 0.717) is 6.04 Å². The molecule has 5 heteroatoms. The van der Waals surface area contributed by atoms with E-state index in [9.17, 15) is 0 Å². The number of fused-ring (bicyclic) bond motifs is 3. The third-order valence-corrected chi connectivity index (χ3v) is 10.4. The Morgan fingerprint density at radius 1 is 1.13 bits per heavy atom. The minimum Gasteiger partial charge on any atom is -0.410 e. The largest absolute Gasteiger partial charge is 0.410 e. The Morgan fingerprint density at radius 2 is 1.78 bits per heavy atom. The Morgan fingerprint density at radius 3 is 2.43 bits per heavy atom. The summed E-state index contributed by atoms with van der Waals surface area (Å²) in [4.78, 5) is 2.52. The molecule has 3 aliphatic heterocycles. The summed E-state index contributed by atoms with van der Waals surface area (Å²) in [5.41, 5.74) is 0. The maximum atomic E-state index is 6.77. The topological polar surface area (TPSA) is 30.9 Å². The molecule has 0 N–H and O–H groups in total. The Balaban J connectivity index is 1.84. The molecule has 3 aliphatic rings. The van der Waals surface area contributed by atoms with Crippen LogP contribution in [0.15, 0.2) is 12.2 Å². The predicted molar refractivity (Wildman–Crippen MR) is 95.0 cm³/mol. The standard InChI is InChI=1S/C18H33NO3Si/c1-17(2,3)23(6,7)22-14-12-19-11-9-8-10-13(19)15-16(14)21-18(4,5)20-15/h8-9,13-16H,10-12H2,1-7H3/t13-,14+,15-,16+/m0/s1. The van der Waals surface area contributed by atoms with Gasteiger partial charge < -0.3 is 13.9 Å². The van der Waals surface area contributed by atoms with Crippen molar-refractivity contribution in [1.29, 1.82) is 0 Å². The van der Waals surface area contributed by atoms with Gasteiger partial charge in [0.05, 0.1) is 6.10 Å². The molecule has 0 spiro atoms. The molecule has 0 unspecified atom stereocenters. The molecule has 0 saturated carbocycles. The van der Waals surface area contributed by atoms with Crippen LogP contribution >= 0.6 is 0 Å². The summed E-state index contributed by atoms with van der Waals surface area (Å²) in [7, 11) is -1.84. The molecule has 2 fully saturated rings. The molecule has 0 radical (unpaired) electrons. The number of piperidine rings is 1. The Labute approximate surface area is 142 Å². The normalized spacial score (nSPS) is 37.5. The lowest BCUT2D eigenvalue weighted by atomic mass is 9.90. The first-order valence-corrected chi connectivity index (χ1v) is 11.8. The van der Waals surface area contributed by atoms with E-state index < -0.39 is 14.1 Å². The average molecular weight is 340 g/mol. The molecule has 0 aromatic rings. The molecule has 4 atom stereocenters. The summed E-state index contributed by atoms with van der Waals surface area (Å²) in [5, 5.41) is 0.204. The van der Waals surface area contributed by atoms with Crippen molar-refractivity contribution in [1.82, 2.24) is 4.90 Å². The summed E-state index contributed by atoms with van der Waals surface area (Å²) in [6.07, 6.45) is 5.85. The van der Waals surface area contributed by atoms with Crippen LogP contribution in [0.5, 0.6) is 0 Å². The lowest BCUT2D eigenvalue weighted by Gasteiger charge is -2.49. The van der Waals surface area contributed by atoms with Crippen LogP contribution < -0.4 is 0 Å². The van der Waals surface area contributed by atoms with E-state index >= 15 is 0 Å². The summed E-state index contributed by atoms with van der Waals surface area (Å²) >= 11 is 0. The lowest BCUT2D eigenvalue weighted by molar-refractivity contribution is -0.152. The molecule has 132 valence electrons. The van der Waals surface area contributed by atoms with Crippen molar-refractivity contribution in [2.24, 2.45) is 0 Å². The van der Waals surface area contributed by atoms with Crippen molar-refractivity contribution >= 4 is 8.32 Å². The third-order valence-electron chi connectivity index (χ3n) is 5.93. The second-order valence-corrected chi connectivity index (χ2v) is 14.0. The predicted octanol–water partition coefficient (Wildman–Crippen LogP) is 3.54. The fourth-order valence-electron chi connectivity index (χ4n) is 3.68. The fraction of sp³-hybridized carbons (Fsp3) is 0.889. The lowest BCUT2D eigenvalue weighted by Crippen LogP contribution is -2.63. The van der Waals surface area contributed by atoms with Gasteiger partial charge in [0.15, 0.2) is 14.1 Å². The maximum absolute atomic E-state index is 6.77. The van der Waals surface area contributed by atoms with E-state index in [0.717, 1.165) is 19.5 Å². The third kappa shape index (κ3) is 3.31. The van der Waals surface area contributed by atoms with Gasteiger partial charge in [0, 0.05) is 19.1 Å². The first-order valence-electron chi connectivity index (χ1n) is 8.93. The van der Waals surface area contributed by atoms with Gasteiger partial charge in [0.25, 0.3) is 0 Å². The Kier molecular flexibility index (Phi) is 4.34. The maximum Gasteiger partial charge on any atom is 0.192 e. The zero-order chi connectivity index (χ0) is 17.0. The van der Waals surface area contributed by atoms with Crippen molar-refractivity contribution in [2.45, 2.75) is 89.3 Å². The molecule has 23 heavy (non-hydrogen) atoms. The molecular weight excluding hydrogens is 306 g/mol. The second kappa shape index (κ2) is 5.66. The smallest absolute Gasteiger partial charge is 0.192 e. The van der Waals surface area contributed by atoms with E-state index in [1.54, 1.807) is 0 Å². The van der Waals surface area contributed by atoms with E-state index in [2.05, 4.69) is 50.9 Å². The van der Waals surface area contributed by atoms with Gasteiger partial charge in [0.2, 0.25) is 0 Å². The molecule has 0 aliphatic carbocycles. The van der Waals surface area contributed by atoms with E-state index in [4.69, 9.17) is 13.9 Å². The fourth-order valence-corrected chi connectivity index (χ4v) is 5.00. The molecule has 3 rings (SSSR count). The molecule has 2 saturated heterocycles. The van der Waals surface area contributed by atoms with Gasteiger partial charge >= 0.3 is 0 Å². The number of nitrogens with zero attached hydrogens (tertiary/aromatic N) is 1. The molecule has 3 heterocycles. The number of ether oxygens (including phenoxy) is 2. The van der Waals surface area contributed by atoms with Crippen LogP contribution in [-0.2, 0) is 13.9 Å². The number of rotatable bonds is 2. The van der Waals surface area contributed by atoms with Crippen molar-refractivity contribution in [3.05, 3.63) is 12.2 Å². The van der Waals surface area contributed by atoms with Crippen LogP contribution in [0.4, 0.5) is 0 Å². The molecule has 0 aromatic heterocycles. The molecule has 0 aromatic carbocycles. The molecule has 0 bridgehead atoms. The van der Waals surface area contributed by atoms with E-state index in [-0.39, 0.29) is 23.4 Å². The van der Waals surface area contributed by atoms with Crippen molar-refractivity contribution < 1.29 is 13.9 Å². The Bertz CT molecular complexity index is 483. The van der Waals surface area contributed by atoms with Crippen molar-refractivity contribution in [3.8, 4) is 0 Å². The average Bonchev–Trinajstić information content (AvgIpc) is 2.73. The highest BCUT2D eigenvalue weighted by molar-refractivity contribution is 6.74. The first kappa shape index (κ1) is 17.6. The highest BCUT2D eigenvalue weighted by Gasteiger charge is 2.55. The van der Waals surface area contributed by atoms with Crippen LogP contribution in [0, 0.1) is 0 Å². The van der Waals surface area contributed by atoms with Gasteiger partial charge in [-0.05, 0) is 38.4 Å². The van der Waals surface area contributed by atoms with E-state index in [1.807, 2.05) is 13.8 Å². The molecule has 0 amide bonds. The van der Waals surface area contributed by atoms with Crippen LogP contribution in [0.25, 0.3) is 0 Å². The first-order chi connectivity index (χ1) is 10.5. The summed E-state index contributed by atoms with van der Waals surface area (Å²) in [6.45, 7) is 17.5. The quantitative estimate of drug-likeness (QED) is 0.569. The van der Waals surface area contributed by atoms with Crippen LogP contribution in [-0.4, -0.2) is 56.4 Å². The SMILES string of the molecule is CC1(C)O[C@@H]2[C@H](O1)[C@H](O[Si](C)(C)C(C)(C)C)CN1CC=CC[C@@H]21. The van der Waals surface area contributed by atoms with Gasteiger partial charge in [-0.25, -0.2) is 0 Å². The highest BCUT2D eigenvalue weighted by atomic mass is 28.4.